The first-order valence-electron chi connectivity index (χ1n) is 13.3. The molecule has 2 fully saturated rings. The molecule has 0 aliphatic heterocycles. The summed E-state index contributed by atoms with van der Waals surface area (Å²) in [5.41, 5.74) is 4.65. The van der Waals surface area contributed by atoms with Crippen LogP contribution in [0, 0.1) is 41.4 Å². The van der Waals surface area contributed by atoms with E-state index in [0.717, 1.165) is 35.5 Å². The Morgan fingerprint density at radius 1 is 0.931 bits per heavy atom. The summed E-state index contributed by atoms with van der Waals surface area (Å²) < 4.78 is 0. The highest BCUT2D eigenvalue weighted by Crippen LogP contribution is 2.51. The van der Waals surface area contributed by atoms with Crippen LogP contribution in [0.2, 0.25) is 0 Å². The van der Waals surface area contributed by atoms with Crippen LogP contribution in [-0.4, -0.2) is 0 Å². The van der Waals surface area contributed by atoms with Gasteiger partial charge >= 0.3 is 0 Å². The molecule has 29 heavy (non-hydrogen) atoms. The zero-order valence-corrected chi connectivity index (χ0v) is 20.6. The zero-order valence-electron chi connectivity index (χ0n) is 20.6. The number of fused-ring (bicyclic) bond motifs is 1. The highest BCUT2D eigenvalue weighted by molar-refractivity contribution is 5.02. The number of unbranched alkanes of at least 4 members (excludes halogenated alkanes) is 2. The maximum absolute atomic E-state index is 3.91. The lowest BCUT2D eigenvalue weighted by molar-refractivity contribution is 0.130. The van der Waals surface area contributed by atoms with E-state index in [-0.39, 0.29) is 0 Å². The largest absolute Gasteiger partial charge is 0.129 e. The predicted octanol–water partition coefficient (Wildman–Crippen LogP) is 9.60. The SMILES string of the molecule is C=C=C(CCCC1CCC2CC(C(C)CCC(C)CCCCC)CCC12)C(C)C. The molecule has 0 saturated heterocycles. The van der Waals surface area contributed by atoms with Crippen LogP contribution < -0.4 is 0 Å². The normalized spacial score (nSPS) is 28.8. The van der Waals surface area contributed by atoms with Crippen molar-refractivity contribution in [2.75, 3.05) is 0 Å². The molecule has 0 aromatic rings. The lowest BCUT2D eigenvalue weighted by atomic mass is 9.68. The van der Waals surface area contributed by atoms with Gasteiger partial charge in [0.25, 0.3) is 0 Å². The van der Waals surface area contributed by atoms with Crippen LogP contribution in [0.25, 0.3) is 0 Å². The van der Waals surface area contributed by atoms with Crippen molar-refractivity contribution in [3.05, 3.63) is 17.9 Å². The van der Waals surface area contributed by atoms with Gasteiger partial charge in [0.05, 0.1) is 0 Å². The van der Waals surface area contributed by atoms with Crippen LogP contribution in [-0.2, 0) is 0 Å². The van der Waals surface area contributed by atoms with E-state index in [1.165, 1.54) is 89.0 Å². The van der Waals surface area contributed by atoms with Gasteiger partial charge in [-0.15, -0.1) is 5.73 Å². The molecule has 0 N–H and O–H groups in total. The summed E-state index contributed by atoms with van der Waals surface area (Å²) in [5, 5.41) is 0. The second-order valence-electron chi connectivity index (χ2n) is 11.2. The van der Waals surface area contributed by atoms with E-state index in [9.17, 15) is 0 Å². The molecule has 2 saturated carbocycles. The van der Waals surface area contributed by atoms with E-state index in [1.54, 1.807) is 6.42 Å². The van der Waals surface area contributed by atoms with Crippen LogP contribution >= 0.6 is 0 Å². The number of hydrogen-bond acceptors (Lipinski definition) is 0. The molecule has 0 bridgehead atoms. The predicted molar refractivity (Wildman–Crippen MR) is 130 cm³/mol. The second kappa shape index (κ2) is 13.0. The third kappa shape index (κ3) is 7.94. The van der Waals surface area contributed by atoms with Crippen molar-refractivity contribution in [1.29, 1.82) is 0 Å². The van der Waals surface area contributed by atoms with Gasteiger partial charge in [-0.2, -0.15) is 0 Å². The van der Waals surface area contributed by atoms with Gasteiger partial charge in [0.15, 0.2) is 0 Å². The maximum atomic E-state index is 3.91. The fraction of sp³-hybridized carbons (Fsp3) is 0.897. The lowest BCUT2D eigenvalue weighted by Gasteiger charge is -2.37. The number of allylic oxidation sites excluding steroid dienone is 1. The molecule has 168 valence electrons. The van der Waals surface area contributed by atoms with Crippen molar-refractivity contribution in [3.8, 4) is 0 Å². The second-order valence-corrected chi connectivity index (χ2v) is 11.2. The van der Waals surface area contributed by atoms with Crippen molar-refractivity contribution >= 4 is 0 Å². The summed E-state index contributed by atoms with van der Waals surface area (Å²) >= 11 is 0. The highest BCUT2D eigenvalue weighted by atomic mass is 14.5. The van der Waals surface area contributed by atoms with Crippen LogP contribution in [0.3, 0.4) is 0 Å². The lowest BCUT2D eigenvalue weighted by Crippen LogP contribution is -2.28. The third-order valence-corrected chi connectivity index (χ3v) is 8.76. The molecule has 0 nitrogen and oxygen atoms in total. The Labute approximate surface area is 184 Å². The quantitative estimate of drug-likeness (QED) is 0.213. The first-order chi connectivity index (χ1) is 14.0. The van der Waals surface area contributed by atoms with Gasteiger partial charge in [0.1, 0.15) is 0 Å². The van der Waals surface area contributed by atoms with Crippen molar-refractivity contribution in [2.45, 2.75) is 125 Å². The molecule has 6 atom stereocenters. The summed E-state index contributed by atoms with van der Waals surface area (Å²) in [6.45, 7) is 15.9. The van der Waals surface area contributed by atoms with E-state index in [2.05, 4.69) is 46.9 Å². The van der Waals surface area contributed by atoms with Crippen molar-refractivity contribution in [1.82, 2.24) is 0 Å². The molecular formula is C29H52. The molecule has 0 heteroatoms. The van der Waals surface area contributed by atoms with E-state index in [0.29, 0.717) is 5.92 Å². The minimum atomic E-state index is 0.620. The Balaban J connectivity index is 1.69. The maximum Gasteiger partial charge on any atom is -0.0184 e. The van der Waals surface area contributed by atoms with E-state index >= 15 is 0 Å². The topological polar surface area (TPSA) is 0 Å². The van der Waals surface area contributed by atoms with E-state index in [4.69, 9.17) is 0 Å². The molecule has 0 heterocycles. The third-order valence-electron chi connectivity index (χ3n) is 8.76. The molecule has 0 spiro atoms. The van der Waals surface area contributed by atoms with Crippen molar-refractivity contribution in [2.24, 2.45) is 41.4 Å². The molecular weight excluding hydrogens is 348 g/mol. The summed E-state index contributed by atoms with van der Waals surface area (Å²) in [6, 6.07) is 0. The van der Waals surface area contributed by atoms with E-state index < -0.39 is 0 Å². The number of rotatable bonds is 13. The molecule has 0 aromatic heterocycles. The van der Waals surface area contributed by atoms with Gasteiger partial charge in [0, 0.05) is 0 Å². The summed E-state index contributed by atoms with van der Waals surface area (Å²) in [6.07, 6.45) is 20.3. The van der Waals surface area contributed by atoms with Gasteiger partial charge in [-0.05, 0) is 98.4 Å². The monoisotopic (exact) mass is 400 g/mol. The molecule has 2 aliphatic carbocycles. The summed E-state index contributed by atoms with van der Waals surface area (Å²) in [4.78, 5) is 0. The molecule has 0 aromatic carbocycles. The zero-order chi connectivity index (χ0) is 21.2. The smallest absolute Gasteiger partial charge is 0.0184 e. The first kappa shape index (κ1) is 24.8. The van der Waals surface area contributed by atoms with Gasteiger partial charge < -0.3 is 0 Å². The van der Waals surface area contributed by atoms with Gasteiger partial charge in [0.2, 0.25) is 0 Å². The van der Waals surface area contributed by atoms with Crippen molar-refractivity contribution < 1.29 is 0 Å². The van der Waals surface area contributed by atoms with Gasteiger partial charge in [-0.1, -0.05) is 79.7 Å². The molecule has 0 radical (unpaired) electrons. The van der Waals surface area contributed by atoms with Crippen LogP contribution in [0.4, 0.5) is 0 Å². The number of hydrogen-bond donors (Lipinski definition) is 0. The van der Waals surface area contributed by atoms with Gasteiger partial charge in [-0.25, -0.2) is 0 Å². The Bertz CT molecular complexity index is 494. The Hall–Kier alpha value is -0.480. The van der Waals surface area contributed by atoms with Crippen LogP contribution in [0.5, 0.6) is 0 Å². The minimum Gasteiger partial charge on any atom is -0.129 e. The average molecular weight is 401 g/mol. The Kier molecular flexibility index (Phi) is 11.1. The molecule has 2 aliphatic rings. The standard InChI is InChI=1S/C29H52/c1-7-9-10-12-23(5)15-16-24(6)27-19-20-29-26(17-18-28(29)21-27)14-11-13-25(8-2)22(3)4/h22-24,26-29H,2,7,9-21H2,1,3-6H3. The molecule has 0 amide bonds. The minimum absolute atomic E-state index is 0.620. The molecule has 2 rings (SSSR count). The summed E-state index contributed by atoms with van der Waals surface area (Å²) in [5.74, 6) is 6.67. The fourth-order valence-electron chi connectivity index (χ4n) is 6.60. The average Bonchev–Trinajstić information content (AvgIpc) is 3.11. The van der Waals surface area contributed by atoms with Crippen LogP contribution in [0.1, 0.15) is 125 Å². The summed E-state index contributed by atoms with van der Waals surface area (Å²) in [7, 11) is 0. The molecule has 6 unspecified atom stereocenters. The van der Waals surface area contributed by atoms with Crippen LogP contribution in [0.15, 0.2) is 17.9 Å². The Morgan fingerprint density at radius 2 is 1.72 bits per heavy atom. The van der Waals surface area contributed by atoms with Crippen molar-refractivity contribution in [3.63, 3.8) is 0 Å². The first-order valence-corrected chi connectivity index (χ1v) is 13.3. The highest BCUT2D eigenvalue weighted by Gasteiger charge is 2.40. The van der Waals surface area contributed by atoms with Gasteiger partial charge in [-0.3, -0.25) is 0 Å². The van der Waals surface area contributed by atoms with E-state index in [1.807, 2.05) is 0 Å². The fourth-order valence-corrected chi connectivity index (χ4v) is 6.60. The Morgan fingerprint density at radius 3 is 2.41 bits per heavy atom.